The summed E-state index contributed by atoms with van der Waals surface area (Å²) in [6.45, 7) is 2.64. The molecule has 1 aromatic carbocycles. The number of phenols is 1. The minimum absolute atomic E-state index is 0.106. The predicted molar refractivity (Wildman–Crippen MR) is 77.0 cm³/mol. The van der Waals surface area contributed by atoms with Gasteiger partial charge in [0, 0.05) is 18.7 Å². The van der Waals surface area contributed by atoms with Crippen molar-refractivity contribution in [2.75, 3.05) is 13.1 Å². The van der Waals surface area contributed by atoms with Gasteiger partial charge in [0.1, 0.15) is 11.8 Å². The summed E-state index contributed by atoms with van der Waals surface area (Å²) in [6.07, 6.45) is 0. The molecule has 2 amide bonds. The molecule has 2 N–H and O–H groups in total. The topological polar surface area (TPSA) is 69.6 Å². The number of nitrogens with zero attached hydrogens (tertiary/aromatic N) is 1. The van der Waals surface area contributed by atoms with E-state index in [1.165, 1.54) is 22.3 Å². The lowest BCUT2D eigenvalue weighted by Gasteiger charge is -2.32. The molecule has 1 unspecified atom stereocenters. The molecule has 6 heteroatoms. The van der Waals surface area contributed by atoms with E-state index in [4.69, 9.17) is 0 Å². The fourth-order valence-corrected chi connectivity index (χ4v) is 3.21. The zero-order chi connectivity index (χ0) is 14.3. The number of piperazine rings is 1. The van der Waals surface area contributed by atoms with E-state index in [1.807, 2.05) is 11.4 Å². The van der Waals surface area contributed by atoms with Crippen LogP contribution in [0.1, 0.15) is 17.3 Å². The van der Waals surface area contributed by atoms with E-state index in [-0.39, 0.29) is 17.6 Å². The summed E-state index contributed by atoms with van der Waals surface area (Å²) >= 11 is 1.43. The number of aromatic hydroxyl groups is 1. The van der Waals surface area contributed by atoms with Crippen LogP contribution >= 0.6 is 11.3 Å². The second-order valence-corrected chi connectivity index (χ2v) is 5.72. The van der Waals surface area contributed by atoms with Gasteiger partial charge in [-0.2, -0.15) is 0 Å². The van der Waals surface area contributed by atoms with Crippen LogP contribution in [0.5, 0.6) is 5.75 Å². The molecule has 1 saturated heterocycles. The number of thiophene rings is 1. The molecule has 0 radical (unpaired) electrons. The van der Waals surface area contributed by atoms with E-state index < -0.39 is 6.04 Å². The second kappa shape index (κ2) is 4.79. The lowest BCUT2D eigenvalue weighted by Crippen LogP contribution is -2.55. The van der Waals surface area contributed by atoms with Crippen molar-refractivity contribution in [2.45, 2.75) is 13.0 Å². The van der Waals surface area contributed by atoms with Gasteiger partial charge in [-0.1, -0.05) is 0 Å². The Morgan fingerprint density at radius 1 is 1.50 bits per heavy atom. The van der Waals surface area contributed by atoms with Gasteiger partial charge in [-0.25, -0.2) is 0 Å². The van der Waals surface area contributed by atoms with Crippen molar-refractivity contribution in [2.24, 2.45) is 0 Å². The third-order valence-electron chi connectivity index (χ3n) is 3.54. The number of carbonyl (C=O) groups excluding carboxylic acids is 2. The molecule has 0 bridgehead atoms. The maximum Gasteiger partial charge on any atom is 0.254 e. The van der Waals surface area contributed by atoms with Crippen LogP contribution in [0.3, 0.4) is 0 Å². The second-order valence-electron chi connectivity index (χ2n) is 4.80. The van der Waals surface area contributed by atoms with Crippen molar-refractivity contribution in [3.8, 4) is 5.75 Å². The Hall–Kier alpha value is -2.08. The highest BCUT2D eigenvalue weighted by Crippen LogP contribution is 2.31. The van der Waals surface area contributed by atoms with Crippen molar-refractivity contribution in [1.82, 2.24) is 10.2 Å². The molecule has 2 aromatic rings. The summed E-state index contributed by atoms with van der Waals surface area (Å²) in [5.41, 5.74) is 0.412. The average Bonchev–Trinajstić information content (AvgIpc) is 2.90. The van der Waals surface area contributed by atoms with Crippen LogP contribution in [0.2, 0.25) is 0 Å². The standard InChI is InChI=1S/C14H14N2O3S/c1-8-13(18)15-3-4-16(8)14(19)10-6-9-2-5-20-12(9)11(17)7-10/h2,5-8,17H,3-4H2,1H3,(H,15,18). The Morgan fingerprint density at radius 2 is 2.30 bits per heavy atom. The van der Waals surface area contributed by atoms with Gasteiger partial charge in [0.15, 0.2) is 0 Å². The molecule has 2 heterocycles. The van der Waals surface area contributed by atoms with Crippen molar-refractivity contribution >= 4 is 33.2 Å². The Kier molecular flexibility index (Phi) is 3.10. The molecule has 1 fully saturated rings. The summed E-state index contributed by atoms with van der Waals surface area (Å²) in [6, 6.07) is 4.60. The first kappa shape index (κ1) is 12.9. The highest BCUT2D eigenvalue weighted by Gasteiger charge is 2.30. The summed E-state index contributed by atoms with van der Waals surface area (Å²) in [5, 5.41) is 15.4. The Balaban J connectivity index is 1.97. The summed E-state index contributed by atoms with van der Waals surface area (Å²) < 4.78 is 0.769. The molecule has 5 nitrogen and oxygen atoms in total. The molecule has 0 aliphatic carbocycles. The fourth-order valence-electron chi connectivity index (χ4n) is 2.41. The predicted octanol–water partition coefficient (Wildman–Crippen LogP) is 1.57. The van der Waals surface area contributed by atoms with Gasteiger partial charge < -0.3 is 15.3 Å². The van der Waals surface area contributed by atoms with Crippen LogP contribution in [-0.4, -0.2) is 41.0 Å². The van der Waals surface area contributed by atoms with Crippen LogP contribution < -0.4 is 5.32 Å². The summed E-state index contributed by atoms with van der Waals surface area (Å²) in [5.74, 6) is -0.267. The molecule has 1 aliphatic rings. The van der Waals surface area contributed by atoms with Gasteiger partial charge >= 0.3 is 0 Å². The zero-order valence-electron chi connectivity index (χ0n) is 10.9. The van der Waals surface area contributed by atoms with Crippen molar-refractivity contribution in [3.63, 3.8) is 0 Å². The Bertz CT molecular complexity index is 695. The number of phenolic OH excluding ortho intramolecular Hbond substituents is 1. The minimum atomic E-state index is -0.489. The molecule has 0 saturated carbocycles. The van der Waals surface area contributed by atoms with Gasteiger partial charge in [-0.3, -0.25) is 9.59 Å². The summed E-state index contributed by atoms with van der Waals surface area (Å²) in [4.78, 5) is 25.7. The molecular formula is C14H14N2O3S. The van der Waals surface area contributed by atoms with E-state index in [0.717, 1.165) is 10.1 Å². The van der Waals surface area contributed by atoms with E-state index in [0.29, 0.717) is 18.7 Å². The Labute approximate surface area is 119 Å². The lowest BCUT2D eigenvalue weighted by atomic mass is 10.1. The maximum atomic E-state index is 12.5. The van der Waals surface area contributed by atoms with E-state index in [2.05, 4.69) is 5.32 Å². The first-order valence-electron chi connectivity index (χ1n) is 6.37. The monoisotopic (exact) mass is 290 g/mol. The van der Waals surface area contributed by atoms with Crippen LogP contribution in [-0.2, 0) is 4.79 Å². The van der Waals surface area contributed by atoms with Gasteiger partial charge in [-0.15, -0.1) is 11.3 Å². The number of nitrogens with one attached hydrogen (secondary N) is 1. The fraction of sp³-hybridized carbons (Fsp3) is 0.286. The first-order valence-corrected chi connectivity index (χ1v) is 7.25. The van der Waals surface area contributed by atoms with Crippen LogP contribution in [0, 0.1) is 0 Å². The lowest BCUT2D eigenvalue weighted by molar-refractivity contribution is -0.127. The van der Waals surface area contributed by atoms with Gasteiger partial charge in [0.2, 0.25) is 5.91 Å². The molecule has 3 rings (SSSR count). The number of amides is 2. The third kappa shape index (κ3) is 2.02. The number of rotatable bonds is 1. The number of fused-ring (bicyclic) bond motifs is 1. The van der Waals surface area contributed by atoms with Crippen molar-refractivity contribution < 1.29 is 14.7 Å². The van der Waals surface area contributed by atoms with E-state index in [1.54, 1.807) is 13.0 Å². The van der Waals surface area contributed by atoms with Gasteiger partial charge in [-0.05, 0) is 35.9 Å². The molecular weight excluding hydrogens is 276 g/mol. The number of hydrogen-bond donors (Lipinski definition) is 2. The smallest absolute Gasteiger partial charge is 0.254 e. The number of benzene rings is 1. The average molecular weight is 290 g/mol. The summed E-state index contributed by atoms with van der Waals surface area (Å²) in [7, 11) is 0. The van der Waals surface area contributed by atoms with Crippen LogP contribution in [0.25, 0.3) is 10.1 Å². The number of carbonyl (C=O) groups is 2. The minimum Gasteiger partial charge on any atom is -0.506 e. The third-order valence-corrected chi connectivity index (χ3v) is 4.49. The molecule has 104 valence electrons. The van der Waals surface area contributed by atoms with E-state index >= 15 is 0 Å². The molecule has 1 aromatic heterocycles. The first-order chi connectivity index (χ1) is 9.58. The molecule has 1 aliphatic heterocycles. The normalized spacial score (nSPS) is 19.1. The SMILES string of the molecule is CC1C(=O)NCCN1C(=O)c1cc(O)c2sccc2c1. The largest absolute Gasteiger partial charge is 0.506 e. The highest BCUT2D eigenvalue weighted by atomic mass is 32.1. The van der Waals surface area contributed by atoms with Gasteiger partial charge in [0.25, 0.3) is 5.91 Å². The van der Waals surface area contributed by atoms with E-state index in [9.17, 15) is 14.7 Å². The quantitative estimate of drug-likeness (QED) is 0.837. The highest BCUT2D eigenvalue weighted by molar-refractivity contribution is 7.17. The van der Waals surface area contributed by atoms with Crippen molar-refractivity contribution in [3.05, 3.63) is 29.1 Å². The zero-order valence-corrected chi connectivity index (χ0v) is 11.7. The van der Waals surface area contributed by atoms with Gasteiger partial charge in [0.05, 0.1) is 4.70 Å². The Morgan fingerprint density at radius 3 is 3.10 bits per heavy atom. The maximum absolute atomic E-state index is 12.5. The molecule has 1 atom stereocenters. The van der Waals surface area contributed by atoms with Crippen LogP contribution in [0.4, 0.5) is 0 Å². The van der Waals surface area contributed by atoms with Crippen LogP contribution in [0.15, 0.2) is 23.6 Å². The number of hydrogen-bond acceptors (Lipinski definition) is 4. The molecule has 20 heavy (non-hydrogen) atoms. The van der Waals surface area contributed by atoms with Crippen molar-refractivity contribution in [1.29, 1.82) is 0 Å². The molecule has 0 spiro atoms.